The second kappa shape index (κ2) is 2.82. The summed E-state index contributed by atoms with van der Waals surface area (Å²) in [4.78, 5) is 7.08. The third-order valence-corrected chi connectivity index (χ3v) is 4.05. The lowest BCUT2D eigenvalue weighted by Crippen LogP contribution is -2.22. The van der Waals surface area contributed by atoms with E-state index in [1.165, 1.54) is 32.4 Å². The molecule has 1 saturated carbocycles. The van der Waals surface area contributed by atoms with Crippen molar-refractivity contribution in [3.8, 4) is 0 Å². The van der Waals surface area contributed by atoms with E-state index < -0.39 is 0 Å². The Bertz CT molecular complexity index is 385. The molecule has 0 radical (unpaired) electrons. The standard InChI is InChI=1S/C11H15N3O/c1-2-7(1)10-12-11(15-13-10)9-6-14-4-3-8(9)5-14/h7-9H,1-6H2/t8-,9+/m1/s1. The average Bonchev–Trinajstić information content (AvgIpc) is 2.74. The Morgan fingerprint density at radius 2 is 2.13 bits per heavy atom. The summed E-state index contributed by atoms with van der Waals surface area (Å²) in [7, 11) is 0. The van der Waals surface area contributed by atoms with Crippen molar-refractivity contribution in [1.29, 1.82) is 0 Å². The van der Waals surface area contributed by atoms with Crippen LogP contribution >= 0.6 is 0 Å². The van der Waals surface area contributed by atoms with Gasteiger partial charge in [0.25, 0.3) is 0 Å². The van der Waals surface area contributed by atoms with Gasteiger partial charge < -0.3 is 9.42 Å². The van der Waals surface area contributed by atoms with E-state index in [2.05, 4.69) is 15.0 Å². The number of fused-ring (bicyclic) bond motifs is 2. The van der Waals surface area contributed by atoms with E-state index in [4.69, 9.17) is 4.52 Å². The van der Waals surface area contributed by atoms with Gasteiger partial charge in [-0.25, -0.2) is 0 Å². The molecule has 2 saturated heterocycles. The minimum absolute atomic E-state index is 0.527. The van der Waals surface area contributed by atoms with Crippen molar-refractivity contribution < 1.29 is 4.52 Å². The zero-order chi connectivity index (χ0) is 9.83. The zero-order valence-electron chi connectivity index (χ0n) is 8.72. The monoisotopic (exact) mass is 205 g/mol. The molecule has 3 atom stereocenters. The van der Waals surface area contributed by atoms with Crippen molar-refractivity contribution in [2.24, 2.45) is 5.92 Å². The average molecular weight is 205 g/mol. The fraction of sp³-hybridized carbons (Fsp3) is 0.818. The van der Waals surface area contributed by atoms with Gasteiger partial charge in [0.05, 0.1) is 5.92 Å². The van der Waals surface area contributed by atoms with Gasteiger partial charge in [0.2, 0.25) is 5.89 Å². The van der Waals surface area contributed by atoms with Gasteiger partial charge >= 0.3 is 0 Å². The van der Waals surface area contributed by atoms with Crippen LogP contribution in [0.25, 0.3) is 0 Å². The van der Waals surface area contributed by atoms with Crippen molar-refractivity contribution in [1.82, 2.24) is 15.0 Å². The van der Waals surface area contributed by atoms with Crippen LogP contribution in [0.3, 0.4) is 0 Å². The van der Waals surface area contributed by atoms with Crippen LogP contribution in [0.1, 0.15) is 42.8 Å². The van der Waals surface area contributed by atoms with Gasteiger partial charge in [0.15, 0.2) is 5.82 Å². The molecular weight excluding hydrogens is 190 g/mol. The van der Waals surface area contributed by atoms with E-state index in [0.29, 0.717) is 11.8 Å². The molecule has 0 spiro atoms. The summed E-state index contributed by atoms with van der Waals surface area (Å²) in [6.07, 6.45) is 3.81. The van der Waals surface area contributed by atoms with Crippen molar-refractivity contribution in [3.63, 3.8) is 0 Å². The van der Waals surface area contributed by atoms with Crippen LogP contribution in [0.4, 0.5) is 0 Å². The first-order valence-electron chi connectivity index (χ1n) is 5.96. The quantitative estimate of drug-likeness (QED) is 0.731. The van der Waals surface area contributed by atoms with Crippen molar-refractivity contribution in [3.05, 3.63) is 11.7 Å². The van der Waals surface area contributed by atoms with Crippen LogP contribution in [0, 0.1) is 5.92 Å². The van der Waals surface area contributed by atoms with Gasteiger partial charge in [-0.05, 0) is 31.7 Å². The molecule has 2 bridgehead atoms. The Labute approximate surface area is 88.6 Å². The molecule has 4 heteroatoms. The summed E-state index contributed by atoms with van der Waals surface area (Å²) in [5, 5.41) is 4.10. The maximum absolute atomic E-state index is 5.41. The largest absolute Gasteiger partial charge is 0.339 e. The SMILES string of the molecule is C1CC1c1noc([C@H]2CN3CC[C@@H]2C3)n1. The highest BCUT2D eigenvalue weighted by molar-refractivity contribution is 5.09. The predicted molar refractivity (Wildman–Crippen MR) is 53.6 cm³/mol. The lowest BCUT2D eigenvalue weighted by Gasteiger charge is -2.17. The van der Waals surface area contributed by atoms with Crippen LogP contribution in [-0.2, 0) is 0 Å². The van der Waals surface area contributed by atoms with Gasteiger partial charge in [-0.3, -0.25) is 0 Å². The van der Waals surface area contributed by atoms with Gasteiger partial charge in [0.1, 0.15) is 0 Å². The van der Waals surface area contributed by atoms with Gasteiger partial charge in [-0.15, -0.1) is 0 Å². The van der Waals surface area contributed by atoms with Crippen LogP contribution < -0.4 is 0 Å². The normalized spacial score (nSPS) is 38.8. The lowest BCUT2D eigenvalue weighted by atomic mass is 9.93. The molecule has 1 unspecified atom stereocenters. The molecule has 4 nitrogen and oxygen atoms in total. The highest BCUT2D eigenvalue weighted by Gasteiger charge is 2.42. The maximum atomic E-state index is 5.41. The summed E-state index contributed by atoms with van der Waals surface area (Å²) in [6, 6.07) is 0. The second-order valence-electron chi connectivity index (χ2n) is 5.18. The fourth-order valence-electron chi connectivity index (χ4n) is 2.97. The van der Waals surface area contributed by atoms with E-state index in [1.807, 2.05) is 0 Å². The molecule has 2 aliphatic heterocycles. The summed E-state index contributed by atoms with van der Waals surface area (Å²) in [6.45, 7) is 3.65. The lowest BCUT2D eigenvalue weighted by molar-refractivity contribution is 0.288. The molecule has 3 fully saturated rings. The molecular formula is C11H15N3O. The Morgan fingerprint density at radius 3 is 2.80 bits per heavy atom. The summed E-state index contributed by atoms with van der Waals surface area (Å²) in [5.41, 5.74) is 0. The number of hydrogen-bond acceptors (Lipinski definition) is 4. The van der Waals surface area contributed by atoms with Gasteiger partial charge in [-0.1, -0.05) is 5.16 Å². The van der Waals surface area contributed by atoms with Crippen LogP contribution in [0.2, 0.25) is 0 Å². The molecule has 3 aliphatic rings. The molecule has 80 valence electrons. The summed E-state index contributed by atoms with van der Waals surface area (Å²) in [5.74, 6) is 3.78. The first-order chi connectivity index (χ1) is 7.40. The Balaban J connectivity index is 1.60. The van der Waals surface area contributed by atoms with E-state index >= 15 is 0 Å². The third-order valence-electron chi connectivity index (χ3n) is 4.05. The highest BCUT2D eigenvalue weighted by Crippen LogP contribution is 2.42. The first-order valence-corrected chi connectivity index (χ1v) is 5.96. The van der Waals surface area contributed by atoms with Gasteiger partial charge in [0, 0.05) is 19.0 Å². The Morgan fingerprint density at radius 1 is 1.20 bits per heavy atom. The number of hydrogen-bond donors (Lipinski definition) is 0. The number of piperidine rings is 1. The van der Waals surface area contributed by atoms with Gasteiger partial charge in [-0.2, -0.15) is 4.98 Å². The number of rotatable bonds is 2. The second-order valence-corrected chi connectivity index (χ2v) is 5.18. The molecule has 1 aromatic rings. The highest BCUT2D eigenvalue weighted by atomic mass is 16.5. The minimum Gasteiger partial charge on any atom is -0.339 e. The van der Waals surface area contributed by atoms with E-state index in [-0.39, 0.29) is 0 Å². The molecule has 1 aromatic heterocycles. The first kappa shape index (κ1) is 8.28. The van der Waals surface area contributed by atoms with Crippen LogP contribution in [0.15, 0.2) is 4.52 Å². The van der Waals surface area contributed by atoms with E-state index in [9.17, 15) is 0 Å². The molecule has 3 heterocycles. The van der Waals surface area contributed by atoms with Crippen molar-refractivity contribution >= 4 is 0 Å². The summed E-state index contributed by atoms with van der Waals surface area (Å²) >= 11 is 0. The molecule has 4 rings (SSSR count). The Kier molecular flexibility index (Phi) is 1.55. The van der Waals surface area contributed by atoms with Crippen LogP contribution in [0.5, 0.6) is 0 Å². The topological polar surface area (TPSA) is 42.2 Å². The van der Waals surface area contributed by atoms with Crippen molar-refractivity contribution in [2.75, 3.05) is 19.6 Å². The maximum Gasteiger partial charge on any atom is 0.231 e. The van der Waals surface area contributed by atoms with Crippen molar-refractivity contribution in [2.45, 2.75) is 31.1 Å². The van der Waals surface area contributed by atoms with E-state index in [1.54, 1.807) is 0 Å². The molecule has 1 aliphatic carbocycles. The minimum atomic E-state index is 0.527. The fourth-order valence-corrected chi connectivity index (χ4v) is 2.97. The number of nitrogens with zero attached hydrogens (tertiary/aromatic N) is 3. The van der Waals surface area contributed by atoms with Crippen LogP contribution in [-0.4, -0.2) is 34.7 Å². The smallest absolute Gasteiger partial charge is 0.231 e. The molecule has 0 amide bonds. The van der Waals surface area contributed by atoms with E-state index in [0.717, 1.165) is 24.2 Å². The molecule has 0 aromatic carbocycles. The summed E-state index contributed by atoms with van der Waals surface area (Å²) < 4.78 is 5.41. The third kappa shape index (κ3) is 1.24. The predicted octanol–water partition coefficient (Wildman–Crippen LogP) is 1.37. The number of aromatic nitrogens is 2. The molecule has 15 heavy (non-hydrogen) atoms. The zero-order valence-corrected chi connectivity index (χ0v) is 8.72. The Hall–Kier alpha value is -0.900. The molecule has 0 N–H and O–H groups in total.